The van der Waals surface area contributed by atoms with Crippen molar-refractivity contribution < 1.29 is 54.4 Å². The van der Waals surface area contributed by atoms with Crippen LogP contribution >= 0.6 is 0 Å². The van der Waals surface area contributed by atoms with E-state index in [2.05, 4.69) is 13.5 Å². The second-order valence-electron chi connectivity index (χ2n) is 14.7. The molecule has 2 heterocycles. The van der Waals surface area contributed by atoms with E-state index in [0.29, 0.717) is 41.9 Å². The van der Waals surface area contributed by atoms with E-state index in [-0.39, 0.29) is 5.92 Å². The van der Waals surface area contributed by atoms with E-state index in [1.54, 1.807) is 0 Å². The topological polar surface area (TPSA) is 175 Å². The number of allylic oxidation sites excluding steroid dienone is 1. The first-order chi connectivity index (χ1) is 20.3. The molecule has 0 aromatic carbocycles. The van der Waals surface area contributed by atoms with Crippen molar-refractivity contribution in [2.24, 2.45) is 46.8 Å². The summed E-state index contributed by atoms with van der Waals surface area (Å²) in [5, 5.41) is 62.4. The van der Waals surface area contributed by atoms with Crippen LogP contribution in [0.2, 0.25) is 0 Å². The Bertz CT molecular complexity index is 1050. The molecule has 7 unspecified atom stereocenters. The molecule has 0 amide bonds. The smallest absolute Gasteiger partial charge is 0.314 e. The Balaban J connectivity index is 1.24. The molecule has 2 saturated heterocycles. The average Bonchev–Trinajstić information content (AvgIpc) is 3.15. The minimum Gasteiger partial charge on any atom is -0.432 e. The summed E-state index contributed by atoms with van der Waals surface area (Å²) < 4.78 is 23.2. The second kappa shape index (κ2) is 11.9. The summed E-state index contributed by atoms with van der Waals surface area (Å²) >= 11 is 0. The number of ether oxygens (including phenoxy) is 4. The summed E-state index contributed by atoms with van der Waals surface area (Å²) in [5.74, 6) is 2.85. The largest absolute Gasteiger partial charge is 0.432 e. The van der Waals surface area contributed by atoms with Gasteiger partial charge in [0.1, 0.15) is 36.6 Å². The summed E-state index contributed by atoms with van der Waals surface area (Å²) in [6, 6.07) is 0. The van der Waals surface area contributed by atoms with Crippen LogP contribution in [0, 0.1) is 46.8 Å². The lowest BCUT2D eigenvalue weighted by molar-refractivity contribution is -0.360. The maximum Gasteiger partial charge on any atom is 0.314 e. The Morgan fingerprint density at radius 1 is 0.953 bits per heavy atom. The lowest BCUT2D eigenvalue weighted by atomic mass is 9.48. The van der Waals surface area contributed by atoms with Gasteiger partial charge in [0.2, 0.25) is 6.29 Å². The molecule has 18 atom stereocenters. The first-order valence-corrected chi connectivity index (χ1v) is 16.2. The molecular formula is C32H50O11. The molecule has 2 aliphatic heterocycles. The number of aliphatic hydroxyl groups excluding tert-OH is 6. The van der Waals surface area contributed by atoms with Crippen LogP contribution in [0.5, 0.6) is 0 Å². The van der Waals surface area contributed by atoms with Gasteiger partial charge in [-0.2, -0.15) is 0 Å². The lowest BCUT2D eigenvalue weighted by Crippen LogP contribution is -2.64. The zero-order valence-electron chi connectivity index (χ0n) is 25.4. The van der Waals surface area contributed by atoms with E-state index in [1.807, 2.05) is 6.92 Å². The van der Waals surface area contributed by atoms with Gasteiger partial charge in [-0.1, -0.05) is 25.5 Å². The van der Waals surface area contributed by atoms with Gasteiger partial charge in [-0.15, -0.1) is 0 Å². The number of hydrogen-bond acceptors (Lipinski definition) is 11. The molecule has 244 valence electrons. The van der Waals surface area contributed by atoms with Crippen LogP contribution in [0.4, 0.5) is 0 Å². The Hall–Kier alpha value is -1.15. The molecule has 7 aliphatic rings. The van der Waals surface area contributed by atoms with Gasteiger partial charge in [-0.25, -0.2) is 0 Å². The SMILES string of the molecule is C=C1CC2C3CC1C[C@H](C)C2C1CCCC(C)(C(=O)O[C@@H]2O[C@H](CO)[C@@H](O)[C@H](O)[C@H]2O[C@@H]2O[C@@H](C)[C@H](O)[C@@H](O)[C@H]2O)C1C3. The standard InChI is InChI=1S/C32H50O11/c1-13-9-19-17-10-16(13)8-14(2)22(19)18-6-5-7-32(4,20(18)11-17)31(39)43-30-28(26(37)24(35)21(12-33)41-30)42-29-27(38)25(36)23(34)15(3)40-29/h14-30,33-38H,1,5-12H2,2-4H3/t14-,15-,16?,17?,18?,19?,20?,21+,22?,23-,24+,25+,26-,27+,28+,29-,30-,32?/m0/s1. The Kier molecular flexibility index (Phi) is 8.80. The molecule has 0 aromatic heterocycles. The predicted octanol–water partition coefficient (Wildman–Crippen LogP) is 0.862. The highest BCUT2D eigenvalue weighted by molar-refractivity contribution is 5.77. The lowest BCUT2D eigenvalue weighted by Gasteiger charge is -2.56. The van der Waals surface area contributed by atoms with Gasteiger partial charge < -0.3 is 49.6 Å². The third kappa shape index (κ3) is 5.30. The molecule has 11 nitrogen and oxygen atoms in total. The van der Waals surface area contributed by atoms with Crippen LogP contribution in [0.25, 0.3) is 0 Å². The van der Waals surface area contributed by atoms with Crippen LogP contribution in [-0.4, -0.2) is 105 Å². The van der Waals surface area contributed by atoms with Crippen LogP contribution in [-0.2, 0) is 23.7 Å². The number of fused-ring (bicyclic) bond motifs is 3. The first kappa shape index (κ1) is 31.8. The second-order valence-corrected chi connectivity index (χ2v) is 14.7. The monoisotopic (exact) mass is 610 g/mol. The fourth-order valence-corrected chi connectivity index (χ4v) is 9.95. The maximum atomic E-state index is 14.2. The van der Waals surface area contributed by atoms with E-state index in [0.717, 1.165) is 38.5 Å². The molecule has 0 aromatic rings. The van der Waals surface area contributed by atoms with Gasteiger partial charge in [-0.3, -0.25) is 4.79 Å². The van der Waals surface area contributed by atoms with E-state index in [4.69, 9.17) is 18.9 Å². The Morgan fingerprint density at radius 2 is 1.70 bits per heavy atom. The highest BCUT2D eigenvalue weighted by Gasteiger charge is 2.60. The molecular weight excluding hydrogens is 560 g/mol. The third-order valence-electron chi connectivity index (χ3n) is 12.3. The fraction of sp³-hybridized carbons (Fsp3) is 0.906. The van der Waals surface area contributed by atoms with Gasteiger partial charge in [0, 0.05) is 0 Å². The van der Waals surface area contributed by atoms with Gasteiger partial charge in [-0.05, 0) is 93.8 Å². The molecule has 0 spiro atoms. The van der Waals surface area contributed by atoms with Gasteiger partial charge in [0.25, 0.3) is 0 Å². The van der Waals surface area contributed by atoms with Crippen LogP contribution in [0.3, 0.4) is 0 Å². The molecule has 7 rings (SSSR count). The van der Waals surface area contributed by atoms with Crippen LogP contribution < -0.4 is 0 Å². The van der Waals surface area contributed by atoms with Crippen molar-refractivity contribution in [1.82, 2.24) is 0 Å². The molecule has 43 heavy (non-hydrogen) atoms. The molecule has 5 saturated carbocycles. The predicted molar refractivity (Wildman–Crippen MR) is 151 cm³/mol. The normalized spacial score (nSPS) is 54.9. The zero-order valence-corrected chi connectivity index (χ0v) is 25.4. The summed E-state index contributed by atoms with van der Waals surface area (Å²) in [6.07, 6.45) is -7.63. The Labute approximate surface area is 253 Å². The van der Waals surface area contributed by atoms with Crippen molar-refractivity contribution in [3.8, 4) is 0 Å². The molecule has 5 aliphatic carbocycles. The van der Waals surface area contributed by atoms with Gasteiger partial charge in [0.05, 0.1) is 18.1 Å². The molecule has 0 radical (unpaired) electrons. The summed E-state index contributed by atoms with van der Waals surface area (Å²) in [6.45, 7) is 9.63. The minimum atomic E-state index is -1.68. The maximum absolute atomic E-state index is 14.2. The van der Waals surface area contributed by atoms with Gasteiger partial charge >= 0.3 is 5.97 Å². The number of carbonyl (C=O) groups is 1. The van der Waals surface area contributed by atoms with Crippen molar-refractivity contribution in [3.05, 3.63) is 12.2 Å². The van der Waals surface area contributed by atoms with Crippen molar-refractivity contribution in [2.75, 3.05) is 6.61 Å². The number of hydrogen-bond donors (Lipinski definition) is 6. The molecule has 11 heteroatoms. The number of aliphatic hydroxyl groups is 6. The van der Waals surface area contributed by atoms with E-state index < -0.39 is 79.4 Å². The quantitative estimate of drug-likeness (QED) is 0.192. The minimum absolute atomic E-state index is 0.126. The van der Waals surface area contributed by atoms with Crippen LogP contribution in [0.1, 0.15) is 65.7 Å². The molecule has 6 N–H and O–H groups in total. The molecule has 7 fully saturated rings. The highest BCUT2D eigenvalue weighted by atomic mass is 16.8. The number of esters is 1. The summed E-state index contributed by atoms with van der Waals surface area (Å²) in [7, 11) is 0. The third-order valence-corrected chi connectivity index (χ3v) is 12.3. The van der Waals surface area contributed by atoms with E-state index >= 15 is 0 Å². The Morgan fingerprint density at radius 3 is 2.42 bits per heavy atom. The van der Waals surface area contributed by atoms with Crippen molar-refractivity contribution in [3.63, 3.8) is 0 Å². The highest BCUT2D eigenvalue weighted by Crippen LogP contribution is 2.64. The van der Waals surface area contributed by atoms with E-state index in [9.17, 15) is 35.4 Å². The van der Waals surface area contributed by atoms with Gasteiger partial charge in [0.15, 0.2) is 12.4 Å². The first-order valence-electron chi connectivity index (χ1n) is 16.2. The van der Waals surface area contributed by atoms with Crippen molar-refractivity contribution in [2.45, 2.75) is 127 Å². The fourth-order valence-electron chi connectivity index (χ4n) is 9.95. The average molecular weight is 611 g/mol. The molecule has 4 bridgehead atoms. The number of carbonyl (C=O) groups excluding carboxylic acids is 1. The van der Waals surface area contributed by atoms with Crippen LogP contribution in [0.15, 0.2) is 12.2 Å². The van der Waals surface area contributed by atoms with E-state index in [1.165, 1.54) is 12.5 Å². The zero-order chi connectivity index (χ0) is 31.0. The van der Waals surface area contributed by atoms with Crippen molar-refractivity contribution in [1.29, 1.82) is 0 Å². The summed E-state index contributed by atoms with van der Waals surface area (Å²) in [4.78, 5) is 14.2. The summed E-state index contributed by atoms with van der Waals surface area (Å²) in [5.41, 5.74) is 0.592. The number of rotatable bonds is 5. The van der Waals surface area contributed by atoms with Crippen molar-refractivity contribution >= 4 is 5.97 Å².